The standard InChI is InChI=1S/C21H18F4N2/c22-15-8-7-14(18(25)12-15)13-27-11-3-10-26-9-2-6-19(26)21(27)20-16(23)4-1-5-17(20)24/h1-2,4-9,12,21H,3,10-11,13H2. The first kappa shape index (κ1) is 17.8. The summed E-state index contributed by atoms with van der Waals surface area (Å²) in [6.45, 7) is 1.35. The summed E-state index contributed by atoms with van der Waals surface area (Å²) in [5.41, 5.74) is 0.985. The molecule has 0 N–H and O–H groups in total. The SMILES string of the molecule is Fc1ccc(CN2CCCn3cccc3C2c2c(F)cccc2F)c(F)c1. The van der Waals surface area contributed by atoms with Crippen molar-refractivity contribution in [3.05, 3.63) is 94.8 Å². The number of hydrogen-bond acceptors (Lipinski definition) is 1. The first-order chi connectivity index (χ1) is 13.0. The number of benzene rings is 2. The molecule has 6 heteroatoms. The van der Waals surface area contributed by atoms with Gasteiger partial charge in [0.25, 0.3) is 0 Å². The molecule has 1 aromatic heterocycles. The largest absolute Gasteiger partial charge is 0.350 e. The zero-order chi connectivity index (χ0) is 19.0. The van der Waals surface area contributed by atoms with E-state index >= 15 is 0 Å². The summed E-state index contributed by atoms with van der Waals surface area (Å²) in [5.74, 6) is -2.60. The van der Waals surface area contributed by atoms with Gasteiger partial charge >= 0.3 is 0 Å². The lowest BCUT2D eigenvalue weighted by molar-refractivity contribution is 0.209. The van der Waals surface area contributed by atoms with E-state index in [2.05, 4.69) is 0 Å². The predicted octanol–water partition coefficient (Wildman–Crippen LogP) is 5.04. The Bertz CT molecular complexity index is 946. The first-order valence-corrected chi connectivity index (χ1v) is 8.81. The van der Waals surface area contributed by atoms with Gasteiger partial charge < -0.3 is 4.57 Å². The molecule has 0 bridgehead atoms. The number of fused-ring (bicyclic) bond motifs is 1. The van der Waals surface area contributed by atoms with Gasteiger partial charge in [-0.15, -0.1) is 0 Å². The van der Waals surface area contributed by atoms with Gasteiger partial charge in [-0.1, -0.05) is 12.1 Å². The van der Waals surface area contributed by atoms with Crippen LogP contribution in [0.25, 0.3) is 0 Å². The van der Waals surface area contributed by atoms with E-state index < -0.39 is 29.3 Å². The molecule has 27 heavy (non-hydrogen) atoms. The summed E-state index contributed by atoms with van der Waals surface area (Å²) in [6.07, 6.45) is 2.63. The summed E-state index contributed by atoms with van der Waals surface area (Å²) in [6, 6.07) is 10.1. The van der Waals surface area contributed by atoms with E-state index in [1.807, 2.05) is 27.8 Å². The Labute approximate surface area is 154 Å². The van der Waals surface area contributed by atoms with Gasteiger partial charge in [-0.05, 0) is 36.8 Å². The minimum Gasteiger partial charge on any atom is -0.350 e. The highest BCUT2D eigenvalue weighted by Crippen LogP contribution is 2.36. The minimum absolute atomic E-state index is 0.0538. The molecule has 3 aromatic rings. The highest BCUT2D eigenvalue weighted by molar-refractivity contribution is 5.32. The monoisotopic (exact) mass is 374 g/mol. The van der Waals surface area contributed by atoms with Gasteiger partial charge in [0.15, 0.2) is 0 Å². The molecule has 0 saturated carbocycles. The molecule has 0 fully saturated rings. The van der Waals surface area contributed by atoms with E-state index in [1.165, 1.54) is 30.3 Å². The molecule has 1 aliphatic rings. The van der Waals surface area contributed by atoms with Crippen molar-refractivity contribution in [2.75, 3.05) is 6.54 Å². The Morgan fingerprint density at radius 3 is 2.37 bits per heavy atom. The zero-order valence-corrected chi connectivity index (χ0v) is 14.5. The predicted molar refractivity (Wildman–Crippen MR) is 94.0 cm³/mol. The van der Waals surface area contributed by atoms with Crippen molar-refractivity contribution in [1.29, 1.82) is 0 Å². The number of aryl methyl sites for hydroxylation is 1. The van der Waals surface area contributed by atoms with Crippen LogP contribution in [0.2, 0.25) is 0 Å². The van der Waals surface area contributed by atoms with E-state index in [1.54, 1.807) is 0 Å². The van der Waals surface area contributed by atoms with Crippen LogP contribution < -0.4 is 0 Å². The number of halogens is 4. The normalized spacial score (nSPS) is 17.6. The second-order valence-corrected chi connectivity index (χ2v) is 6.72. The quantitative estimate of drug-likeness (QED) is 0.583. The average Bonchev–Trinajstić information content (AvgIpc) is 3.01. The lowest BCUT2D eigenvalue weighted by atomic mass is 9.99. The van der Waals surface area contributed by atoms with Crippen molar-refractivity contribution in [3.8, 4) is 0 Å². The van der Waals surface area contributed by atoms with Crippen molar-refractivity contribution in [2.45, 2.75) is 25.6 Å². The van der Waals surface area contributed by atoms with E-state index in [0.29, 0.717) is 13.1 Å². The molecule has 140 valence electrons. The van der Waals surface area contributed by atoms with Gasteiger partial charge in [-0.2, -0.15) is 0 Å². The van der Waals surface area contributed by atoms with E-state index in [9.17, 15) is 17.6 Å². The third-order valence-corrected chi connectivity index (χ3v) is 5.02. The van der Waals surface area contributed by atoms with Crippen LogP contribution in [0.1, 0.15) is 29.3 Å². The molecule has 1 aliphatic heterocycles. The van der Waals surface area contributed by atoms with Crippen LogP contribution in [0, 0.1) is 23.3 Å². The smallest absolute Gasteiger partial charge is 0.131 e. The average molecular weight is 374 g/mol. The zero-order valence-electron chi connectivity index (χ0n) is 14.5. The second-order valence-electron chi connectivity index (χ2n) is 6.72. The number of hydrogen-bond donors (Lipinski definition) is 0. The molecule has 2 nitrogen and oxygen atoms in total. The fourth-order valence-corrected chi connectivity index (χ4v) is 3.78. The summed E-state index contributed by atoms with van der Waals surface area (Å²) in [5, 5.41) is 0. The van der Waals surface area contributed by atoms with Crippen LogP contribution in [-0.2, 0) is 13.1 Å². The Morgan fingerprint density at radius 2 is 1.63 bits per heavy atom. The van der Waals surface area contributed by atoms with Crippen LogP contribution >= 0.6 is 0 Å². The molecule has 0 amide bonds. The molecule has 4 rings (SSSR count). The lowest BCUT2D eigenvalue weighted by Crippen LogP contribution is -2.31. The van der Waals surface area contributed by atoms with Crippen molar-refractivity contribution in [2.24, 2.45) is 0 Å². The molecule has 0 saturated heterocycles. The van der Waals surface area contributed by atoms with Crippen LogP contribution in [0.4, 0.5) is 17.6 Å². The maximum atomic E-state index is 14.6. The van der Waals surface area contributed by atoms with Crippen LogP contribution in [0.15, 0.2) is 54.7 Å². The molecule has 1 atom stereocenters. The molecule has 2 heterocycles. The van der Waals surface area contributed by atoms with Crippen molar-refractivity contribution in [1.82, 2.24) is 9.47 Å². The van der Waals surface area contributed by atoms with Gasteiger partial charge in [-0.3, -0.25) is 4.90 Å². The Morgan fingerprint density at radius 1 is 0.852 bits per heavy atom. The van der Waals surface area contributed by atoms with Gasteiger partial charge in [0.05, 0.1) is 6.04 Å². The summed E-state index contributed by atoms with van der Waals surface area (Å²) < 4.78 is 58.6. The van der Waals surface area contributed by atoms with Crippen molar-refractivity contribution < 1.29 is 17.6 Å². The van der Waals surface area contributed by atoms with E-state index in [-0.39, 0.29) is 17.7 Å². The van der Waals surface area contributed by atoms with Crippen molar-refractivity contribution in [3.63, 3.8) is 0 Å². The van der Waals surface area contributed by atoms with Crippen molar-refractivity contribution >= 4 is 0 Å². The van der Waals surface area contributed by atoms with Crippen LogP contribution in [-0.4, -0.2) is 16.0 Å². The van der Waals surface area contributed by atoms with Crippen LogP contribution in [0.3, 0.4) is 0 Å². The maximum absolute atomic E-state index is 14.6. The van der Waals surface area contributed by atoms with E-state index in [0.717, 1.165) is 18.2 Å². The van der Waals surface area contributed by atoms with E-state index in [4.69, 9.17) is 0 Å². The minimum atomic E-state index is -0.701. The maximum Gasteiger partial charge on any atom is 0.131 e. The fourth-order valence-electron chi connectivity index (χ4n) is 3.78. The lowest BCUT2D eigenvalue weighted by Gasteiger charge is -2.31. The first-order valence-electron chi connectivity index (χ1n) is 8.81. The molecule has 0 radical (unpaired) electrons. The third-order valence-electron chi connectivity index (χ3n) is 5.02. The number of aromatic nitrogens is 1. The van der Waals surface area contributed by atoms with Gasteiger partial charge in [0, 0.05) is 48.7 Å². The van der Waals surface area contributed by atoms with Crippen LogP contribution in [0.5, 0.6) is 0 Å². The number of rotatable bonds is 3. The molecule has 2 aromatic carbocycles. The van der Waals surface area contributed by atoms with Gasteiger partial charge in [0.1, 0.15) is 23.3 Å². The summed E-state index contributed by atoms with van der Waals surface area (Å²) >= 11 is 0. The fraction of sp³-hybridized carbons (Fsp3) is 0.238. The second kappa shape index (κ2) is 7.19. The summed E-state index contributed by atoms with van der Waals surface area (Å²) in [4.78, 5) is 1.84. The Kier molecular flexibility index (Phi) is 4.74. The molecular formula is C21H18F4N2. The molecule has 0 aliphatic carbocycles. The third kappa shape index (κ3) is 3.37. The molecule has 0 spiro atoms. The topological polar surface area (TPSA) is 8.17 Å². The Balaban J connectivity index is 1.81. The number of nitrogens with zero attached hydrogens (tertiary/aromatic N) is 2. The molecule has 1 unspecified atom stereocenters. The molecular weight excluding hydrogens is 356 g/mol. The Hall–Kier alpha value is -2.60. The van der Waals surface area contributed by atoms with Gasteiger partial charge in [0.2, 0.25) is 0 Å². The highest BCUT2D eigenvalue weighted by Gasteiger charge is 2.32. The van der Waals surface area contributed by atoms with Gasteiger partial charge in [-0.25, -0.2) is 17.6 Å². The highest BCUT2D eigenvalue weighted by atomic mass is 19.1. The summed E-state index contributed by atoms with van der Waals surface area (Å²) in [7, 11) is 0.